The SMILES string of the molecule is COc1ccc(NCc2cnc(Cl)s2)c(F)c1. The summed E-state index contributed by atoms with van der Waals surface area (Å²) in [5.74, 6) is 0.147. The van der Waals surface area contributed by atoms with Crippen LogP contribution in [0.4, 0.5) is 10.1 Å². The second-order valence-electron chi connectivity index (χ2n) is 3.28. The molecule has 0 aliphatic rings. The Bertz CT molecular complexity index is 518. The zero-order valence-corrected chi connectivity index (χ0v) is 10.6. The Labute approximate surface area is 107 Å². The molecule has 0 amide bonds. The molecule has 3 nitrogen and oxygen atoms in total. The maximum Gasteiger partial charge on any atom is 0.183 e. The van der Waals surface area contributed by atoms with Gasteiger partial charge in [0, 0.05) is 17.1 Å². The Balaban J connectivity index is 2.04. The van der Waals surface area contributed by atoms with Crippen LogP contribution in [0.2, 0.25) is 4.47 Å². The van der Waals surface area contributed by atoms with Crippen LogP contribution < -0.4 is 10.1 Å². The summed E-state index contributed by atoms with van der Waals surface area (Å²) in [6.45, 7) is 0.494. The zero-order chi connectivity index (χ0) is 12.3. The smallest absolute Gasteiger partial charge is 0.183 e. The number of nitrogens with one attached hydrogen (secondary N) is 1. The summed E-state index contributed by atoms with van der Waals surface area (Å²) in [5.41, 5.74) is 0.426. The molecule has 0 bridgehead atoms. The molecule has 0 spiro atoms. The molecule has 6 heteroatoms. The molecule has 0 aliphatic heterocycles. The maximum absolute atomic E-state index is 13.6. The van der Waals surface area contributed by atoms with Crippen LogP contribution in [0.25, 0.3) is 0 Å². The summed E-state index contributed by atoms with van der Waals surface area (Å²) in [5, 5.41) is 2.98. The molecule has 2 aromatic rings. The summed E-state index contributed by atoms with van der Waals surface area (Å²) in [4.78, 5) is 4.86. The minimum atomic E-state index is -0.347. The molecule has 1 N–H and O–H groups in total. The molecule has 90 valence electrons. The van der Waals surface area contributed by atoms with Crippen LogP contribution in [0.3, 0.4) is 0 Å². The van der Waals surface area contributed by atoms with E-state index in [1.54, 1.807) is 18.3 Å². The van der Waals surface area contributed by atoms with E-state index >= 15 is 0 Å². The lowest BCUT2D eigenvalue weighted by atomic mass is 10.3. The quantitative estimate of drug-likeness (QED) is 0.924. The fourth-order valence-electron chi connectivity index (χ4n) is 1.31. The Morgan fingerprint density at radius 3 is 2.94 bits per heavy atom. The van der Waals surface area contributed by atoms with Crippen molar-refractivity contribution in [1.82, 2.24) is 4.98 Å². The fraction of sp³-hybridized carbons (Fsp3) is 0.182. The molecule has 0 fully saturated rings. The van der Waals surface area contributed by atoms with E-state index in [1.807, 2.05) is 0 Å². The van der Waals surface area contributed by atoms with Gasteiger partial charge in [0.05, 0.1) is 19.3 Å². The Morgan fingerprint density at radius 2 is 2.35 bits per heavy atom. The molecule has 0 saturated heterocycles. The second kappa shape index (κ2) is 5.33. The normalized spacial score (nSPS) is 10.3. The highest BCUT2D eigenvalue weighted by Crippen LogP contribution is 2.22. The summed E-state index contributed by atoms with van der Waals surface area (Å²) in [7, 11) is 1.50. The Morgan fingerprint density at radius 1 is 1.53 bits per heavy atom. The van der Waals surface area contributed by atoms with E-state index in [9.17, 15) is 4.39 Å². The van der Waals surface area contributed by atoms with Gasteiger partial charge in [-0.1, -0.05) is 11.6 Å². The number of halogens is 2. The van der Waals surface area contributed by atoms with Gasteiger partial charge in [-0.15, -0.1) is 11.3 Å². The van der Waals surface area contributed by atoms with Crippen LogP contribution in [-0.2, 0) is 6.54 Å². The van der Waals surface area contributed by atoms with E-state index in [2.05, 4.69) is 10.3 Å². The van der Waals surface area contributed by atoms with Crippen molar-refractivity contribution in [2.24, 2.45) is 0 Å². The second-order valence-corrected chi connectivity index (χ2v) is 4.98. The number of hydrogen-bond acceptors (Lipinski definition) is 4. The van der Waals surface area contributed by atoms with Gasteiger partial charge in [0.1, 0.15) is 11.6 Å². The first-order valence-corrected chi connectivity index (χ1v) is 6.06. The predicted octanol–water partition coefficient (Wildman–Crippen LogP) is 3.56. The standard InChI is InChI=1S/C11H10ClFN2OS/c1-16-7-2-3-10(9(13)4-7)14-5-8-6-15-11(12)17-8/h2-4,6,14H,5H2,1H3. The lowest BCUT2D eigenvalue weighted by molar-refractivity contribution is 0.411. The van der Waals surface area contributed by atoms with Crippen LogP contribution in [0.15, 0.2) is 24.4 Å². The van der Waals surface area contributed by atoms with Crippen LogP contribution in [0.5, 0.6) is 5.75 Å². The van der Waals surface area contributed by atoms with Crippen LogP contribution in [-0.4, -0.2) is 12.1 Å². The summed E-state index contributed by atoms with van der Waals surface area (Å²) in [6.07, 6.45) is 1.67. The predicted molar refractivity (Wildman–Crippen MR) is 67.4 cm³/mol. The minimum absolute atomic E-state index is 0.347. The van der Waals surface area contributed by atoms with Gasteiger partial charge in [0.15, 0.2) is 4.47 Å². The summed E-state index contributed by atoms with van der Waals surface area (Å²) >= 11 is 7.07. The molecule has 1 aromatic heterocycles. The molecule has 0 saturated carbocycles. The van der Waals surface area contributed by atoms with Crippen molar-refractivity contribution in [1.29, 1.82) is 0 Å². The van der Waals surface area contributed by atoms with Gasteiger partial charge in [-0.25, -0.2) is 9.37 Å². The molecule has 1 heterocycles. The number of aromatic nitrogens is 1. The van der Waals surface area contributed by atoms with E-state index in [0.717, 1.165) is 4.88 Å². The van der Waals surface area contributed by atoms with Crippen molar-refractivity contribution in [2.45, 2.75) is 6.54 Å². The van der Waals surface area contributed by atoms with Gasteiger partial charge in [-0.3, -0.25) is 0 Å². The molecular weight excluding hydrogens is 263 g/mol. The van der Waals surface area contributed by atoms with Gasteiger partial charge < -0.3 is 10.1 Å². The molecule has 2 rings (SSSR count). The van der Waals surface area contributed by atoms with Crippen LogP contribution >= 0.6 is 22.9 Å². The van der Waals surface area contributed by atoms with Crippen molar-refractivity contribution < 1.29 is 9.13 Å². The Hall–Kier alpha value is -1.33. The fourth-order valence-corrected chi connectivity index (χ4v) is 2.23. The first-order chi connectivity index (χ1) is 8.19. The molecule has 0 radical (unpaired) electrons. The molecule has 1 aromatic carbocycles. The van der Waals surface area contributed by atoms with E-state index in [-0.39, 0.29) is 5.82 Å². The maximum atomic E-state index is 13.6. The van der Waals surface area contributed by atoms with Gasteiger partial charge in [-0.2, -0.15) is 0 Å². The third-order valence-corrected chi connectivity index (χ3v) is 3.27. The lowest BCUT2D eigenvalue weighted by Crippen LogP contribution is -2.00. The largest absolute Gasteiger partial charge is 0.497 e. The first kappa shape index (κ1) is 12.1. The average molecular weight is 273 g/mol. The van der Waals surface area contributed by atoms with Gasteiger partial charge in [-0.05, 0) is 12.1 Å². The van der Waals surface area contributed by atoms with E-state index < -0.39 is 0 Å². The Kier molecular flexibility index (Phi) is 3.81. The number of anilines is 1. The highest BCUT2D eigenvalue weighted by Gasteiger charge is 2.05. The van der Waals surface area contributed by atoms with Crippen molar-refractivity contribution in [3.63, 3.8) is 0 Å². The highest BCUT2D eigenvalue weighted by atomic mass is 35.5. The number of benzene rings is 1. The number of methoxy groups -OCH3 is 1. The van der Waals surface area contributed by atoms with Crippen molar-refractivity contribution in [3.05, 3.63) is 39.6 Å². The lowest BCUT2D eigenvalue weighted by Gasteiger charge is -2.07. The monoisotopic (exact) mass is 272 g/mol. The summed E-state index contributed by atoms with van der Waals surface area (Å²) in [6, 6.07) is 4.67. The van der Waals surface area contributed by atoms with E-state index in [4.69, 9.17) is 16.3 Å². The number of hydrogen-bond donors (Lipinski definition) is 1. The number of ether oxygens (including phenoxy) is 1. The van der Waals surface area contributed by atoms with Crippen LogP contribution in [0, 0.1) is 5.82 Å². The first-order valence-electron chi connectivity index (χ1n) is 4.86. The van der Waals surface area contributed by atoms with E-state index in [1.165, 1.54) is 24.5 Å². The molecule has 0 unspecified atom stereocenters. The van der Waals surface area contributed by atoms with Gasteiger partial charge in [0.25, 0.3) is 0 Å². The van der Waals surface area contributed by atoms with Gasteiger partial charge >= 0.3 is 0 Å². The van der Waals surface area contributed by atoms with Crippen LogP contribution in [0.1, 0.15) is 4.88 Å². The minimum Gasteiger partial charge on any atom is -0.497 e. The number of thiazole rings is 1. The van der Waals surface area contributed by atoms with Crippen molar-refractivity contribution in [3.8, 4) is 5.75 Å². The number of rotatable bonds is 4. The molecule has 0 atom stereocenters. The number of nitrogens with zero attached hydrogens (tertiary/aromatic N) is 1. The summed E-state index contributed by atoms with van der Waals surface area (Å²) < 4.78 is 19.0. The molecular formula is C11H10ClFN2OS. The third-order valence-electron chi connectivity index (χ3n) is 2.15. The topological polar surface area (TPSA) is 34.1 Å². The van der Waals surface area contributed by atoms with E-state index in [0.29, 0.717) is 22.4 Å². The van der Waals surface area contributed by atoms with Crippen molar-refractivity contribution in [2.75, 3.05) is 12.4 Å². The third kappa shape index (κ3) is 3.08. The highest BCUT2D eigenvalue weighted by molar-refractivity contribution is 7.15. The zero-order valence-electron chi connectivity index (χ0n) is 9.04. The molecule has 17 heavy (non-hydrogen) atoms. The molecule has 0 aliphatic carbocycles. The van der Waals surface area contributed by atoms with Crippen molar-refractivity contribution >= 4 is 28.6 Å². The van der Waals surface area contributed by atoms with Gasteiger partial charge in [0.2, 0.25) is 0 Å². The average Bonchev–Trinajstić information content (AvgIpc) is 2.73.